The lowest BCUT2D eigenvalue weighted by Gasteiger charge is -2.24. The lowest BCUT2D eigenvalue weighted by atomic mass is 10.1. The van der Waals surface area contributed by atoms with Gasteiger partial charge in [0.2, 0.25) is 5.91 Å². The first-order valence-corrected chi connectivity index (χ1v) is 8.30. The zero-order valence-electron chi connectivity index (χ0n) is 13.0. The van der Waals surface area contributed by atoms with Crippen molar-refractivity contribution in [2.45, 2.75) is 20.3 Å². The quantitative estimate of drug-likeness (QED) is 0.673. The Labute approximate surface area is 137 Å². The van der Waals surface area contributed by atoms with E-state index in [0.29, 0.717) is 24.1 Å². The van der Waals surface area contributed by atoms with Gasteiger partial charge in [-0.3, -0.25) is 4.79 Å². The van der Waals surface area contributed by atoms with Gasteiger partial charge in [-0.25, -0.2) is 0 Å². The maximum Gasteiger partial charge on any atom is 0.226 e. The average molecular weight is 331 g/mol. The van der Waals surface area contributed by atoms with E-state index < -0.39 is 0 Å². The van der Waals surface area contributed by atoms with E-state index in [1.807, 2.05) is 45.2 Å². The van der Waals surface area contributed by atoms with Crippen LogP contribution in [-0.2, 0) is 4.79 Å². The minimum absolute atomic E-state index is 0.135. The van der Waals surface area contributed by atoms with Gasteiger partial charge in [0.25, 0.3) is 0 Å². The van der Waals surface area contributed by atoms with Crippen LogP contribution < -0.4 is 9.80 Å². The van der Waals surface area contributed by atoms with Crippen LogP contribution in [0.4, 0.5) is 11.4 Å². The Morgan fingerprint density at radius 1 is 1.05 bits per heavy atom. The van der Waals surface area contributed by atoms with Crippen LogP contribution in [0.3, 0.4) is 0 Å². The Morgan fingerprint density at radius 3 is 1.95 bits per heavy atom. The fraction of sp³-hybridized carbons (Fsp3) is 0.562. The van der Waals surface area contributed by atoms with E-state index in [2.05, 4.69) is 4.90 Å². The molecule has 0 atom stereocenters. The summed E-state index contributed by atoms with van der Waals surface area (Å²) in [5.41, 5.74) is 1.98. The molecular weight excluding hydrogens is 307 g/mol. The van der Waals surface area contributed by atoms with Crippen molar-refractivity contribution in [1.82, 2.24) is 0 Å². The Morgan fingerprint density at radius 2 is 1.52 bits per heavy atom. The van der Waals surface area contributed by atoms with Crippen molar-refractivity contribution >= 4 is 40.5 Å². The molecule has 0 N–H and O–H groups in total. The molecule has 1 amide bonds. The van der Waals surface area contributed by atoms with Crippen molar-refractivity contribution in [2.24, 2.45) is 5.92 Å². The first kappa shape index (κ1) is 18.1. The molecule has 0 spiro atoms. The van der Waals surface area contributed by atoms with Crippen LogP contribution in [-0.4, -0.2) is 37.8 Å². The van der Waals surface area contributed by atoms with E-state index in [1.165, 1.54) is 0 Å². The van der Waals surface area contributed by atoms with E-state index in [1.54, 1.807) is 4.90 Å². The molecule has 0 radical (unpaired) electrons. The highest BCUT2D eigenvalue weighted by atomic mass is 35.5. The highest BCUT2D eigenvalue weighted by Gasteiger charge is 2.13. The number of carbonyl (C=O) groups is 1. The summed E-state index contributed by atoms with van der Waals surface area (Å²) < 4.78 is 0. The van der Waals surface area contributed by atoms with Gasteiger partial charge in [0.05, 0.1) is 0 Å². The fourth-order valence-electron chi connectivity index (χ4n) is 2.09. The summed E-state index contributed by atoms with van der Waals surface area (Å²) in [5.74, 6) is 1.62. The normalized spacial score (nSPS) is 10.8. The predicted octanol–water partition coefficient (Wildman–Crippen LogP) is 3.98. The number of amides is 1. The molecule has 1 aromatic rings. The van der Waals surface area contributed by atoms with Crippen LogP contribution in [0, 0.1) is 5.92 Å². The Balaban J connectivity index is 2.78. The fourth-order valence-corrected chi connectivity index (χ4v) is 2.50. The second kappa shape index (κ2) is 9.16. The molecule has 21 heavy (non-hydrogen) atoms. The van der Waals surface area contributed by atoms with E-state index in [4.69, 9.17) is 23.2 Å². The lowest BCUT2D eigenvalue weighted by molar-refractivity contribution is -0.119. The maximum atomic E-state index is 12.1. The average Bonchev–Trinajstić information content (AvgIpc) is 2.46. The summed E-state index contributed by atoms with van der Waals surface area (Å²) in [6.45, 7) is 5.61. The van der Waals surface area contributed by atoms with Gasteiger partial charge in [-0.15, -0.1) is 23.2 Å². The second-order valence-electron chi connectivity index (χ2n) is 5.43. The molecule has 0 aliphatic rings. The van der Waals surface area contributed by atoms with Crippen molar-refractivity contribution in [1.29, 1.82) is 0 Å². The van der Waals surface area contributed by atoms with Gasteiger partial charge < -0.3 is 9.80 Å². The molecule has 118 valence electrons. The second-order valence-corrected chi connectivity index (χ2v) is 6.19. The molecule has 3 nitrogen and oxygen atoms in total. The molecule has 0 aromatic heterocycles. The molecule has 0 unspecified atom stereocenters. The van der Waals surface area contributed by atoms with Crippen molar-refractivity contribution in [3.63, 3.8) is 0 Å². The third-order valence-electron chi connectivity index (χ3n) is 3.27. The van der Waals surface area contributed by atoms with Crippen LogP contribution in [0.1, 0.15) is 20.3 Å². The number of alkyl halides is 2. The van der Waals surface area contributed by atoms with Gasteiger partial charge in [0, 0.05) is 49.7 Å². The van der Waals surface area contributed by atoms with E-state index in [0.717, 1.165) is 24.5 Å². The smallest absolute Gasteiger partial charge is 0.226 e. The summed E-state index contributed by atoms with van der Waals surface area (Å²) in [7, 11) is 1.81. The minimum Gasteiger partial charge on any atom is -0.369 e. The van der Waals surface area contributed by atoms with Crippen LogP contribution >= 0.6 is 23.2 Å². The number of hydrogen-bond donors (Lipinski definition) is 0. The van der Waals surface area contributed by atoms with Crippen LogP contribution in [0.15, 0.2) is 24.3 Å². The van der Waals surface area contributed by atoms with E-state index in [-0.39, 0.29) is 5.91 Å². The maximum absolute atomic E-state index is 12.1. The van der Waals surface area contributed by atoms with E-state index >= 15 is 0 Å². The zero-order valence-corrected chi connectivity index (χ0v) is 14.5. The highest BCUT2D eigenvalue weighted by Crippen LogP contribution is 2.21. The SMILES string of the molecule is CC(C)CC(=O)N(C)c1ccc(N(CCCl)CCCl)cc1. The molecule has 0 aliphatic heterocycles. The minimum atomic E-state index is 0.135. The van der Waals surface area contributed by atoms with Gasteiger partial charge >= 0.3 is 0 Å². The number of nitrogens with zero attached hydrogens (tertiary/aromatic N) is 2. The van der Waals surface area contributed by atoms with Crippen molar-refractivity contribution in [2.75, 3.05) is 41.7 Å². The highest BCUT2D eigenvalue weighted by molar-refractivity contribution is 6.18. The third-order valence-corrected chi connectivity index (χ3v) is 3.61. The van der Waals surface area contributed by atoms with Crippen LogP contribution in [0.25, 0.3) is 0 Å². The summed E-state index contributed by atoms with van der Waals surface area (Å²) in [5, 5.41) is 0. The molecule has 0 heterocycles. The zero-order chi connectivity index (χ0) is 15.8. The van der Waals surface area contributed by atoms with Crippen molar-refractivity contribution in [3.8, 4) is 0 Å². The van der Waals surface area contributed by atoms with E-state index in [9.17, 15) is 4.79 Å². The molecule has 1 aromatic carbocycles. The van der Waals surface area contributed by atoms with Gasteiger partial charge in [-0.05, 0) is 30.2 Å². The molecular formula is C16H24Cl2N2O. The molecule has 0 saturated heterocycles. The Kier molecular flexibility index (Phi) is 7.91. The molecule has 0 bridgehead atoms. The largest absolute Gasteiger partial charge is 0.369 e. The first-order valence-electron chi connectivity index (χ1n) is 7.23. The number of rotatable bonds is 8. The molecule has 0 saturated carbocycles. The Bertz CT molecular complexity index is 428. The Hall–Kier alpha value is -0.930. The standard InChI is InChI=1S/C16H24Cl2N2O/c1-13(2)12-16(21)19(3)14-4-6-15(7-5-14)20(10-8-17)11-9-18/h4-7,13H,8-12H2,1-3H3. The molecule has 5 heteroatoms. The number of benzene rings is 1. The topological polar surface area (TPSA) is 23.6 Å². The number of halogens is 2. The number of hydrogen-bond acceptors (Lipinski definition) is 2. The summed E-state index contributed by atoms with van der Waals surface area (Å²) in [6.07, 6.45) is 0.558. The van der Waals surface area contributed by atoms with Gasteiger partial charge in [-0.1, -0.05) is 13.8 Å². The number of anilines is 2. The lowest BCUT2D eigenvalue weighted by Crippen LogP contribution is -2.28. The van der Waals surface area contributed by atoms with Crippen molar-refractivity contribution in [3.05, 3.63) is 24.3 Å². The van der Waals surface area contributed by atoms with Crippen LogP contribution in [0.5, 0.6) is 0 Å². The summed E-state index contributed by atoms with van der Waals surface area (Å²) in [6, 6.07) is 7.94. The third kappa shape index (κ3) is 5.76. The monoisotopic (exact) mass is 330 g/mol. The predicted molar refractivity (Wildman–Crippen MR) is 93.0 cm³/mol. The van der Waals surface area contributed by atoms with Crippen LogP contribution in [0.2, 0.25) is 0 Å². The molecule has 1 rings (SSSR count). The van der Waals surface area contributed by atoms with Gasteiger partial charge in [0.15, 0.2) is 0 Å². The summed E-state index contributed by atoms with van der Waals surface area (Å²) in [4.78, 5) is 15.9. The first-order chi connectivity index (χ1) is 9.99. The number of carbonyl (C=O) groups excluding carboxylic acids is 1. The molecule has 0 fully saturated rings. The van der Waals surface area contributed by atoms with Gasteiger partial charge in [0.1, 0.15) is 0 Å². The molecule has 0 aliphatic carbocycles. The van der Waals surface area contributed by atoms with Gasteiger partial charge in [-0.2, -0.15) is 0 Å². The summed E-state index contributed by atoms with van der Waals surface area (Å²) >= 11 is 11.6. The van der Waals surface area contributed by atoms with Crippen molar-refractivity contribution < 1.29 is 4.79 Å².